The first-order valence-electron chi connectivity index (χ1n) is 9.32. The van der Waals surface area contributed by atoms with Gasteiger partial charge in [-0.2, -0.15) is 17.7 Å². The van der Waals surface area contributed by atoms with Crippen LogP contribution in [0.2, 0.25) is 0 Å². The molecule has 1 aliphatic heterocycles. The average Bonchev–Trinajstić information content (AvgIpc) is 2.84. The Morgan fingerprint density at radius 1 is 0.964 bits per heavy atom. The normalized spacial score (nSPS) is 14.1. The molecular formula is C22H23BrF3N2+. The molecule has 4 rings (SSSR count). The summed E-state index contributed by atoms with van der Waals surface area (Å²) in [6, 6.07) is 13.8. The summed E-state index contributed by atoms with van der Waals surface area (Å²) in [5.74, 6) is 1.07. The zero-order chi connectivity index (χ0) is 19.0. The molecule has 2 aromatic carbocycles. The molecule has 0 bridgehead atoms. The molecule has 2 nitrogen and oxygen atoms in total. The van der Waals surface area contributed by atoms with Gasteiger partial charge in [-0.05, 0) is 44.4 Å². The molecule has 3 aromatic rings. The topological polar surface area (TPSA) is 8.81 Å². The molecule has 0 saturated heterocycles. The molecule has 0 atom stereocenters. The third kappa shape index (κ3) is 4.02. The van der Waals surface area contributed by atoms with Gasteiger partial charge in [0.1, 0.15) is 11.9 Å². The van der Waals surface area contributed by atoms with E-state index in [9.17, 15) is 13.2 Å². The Balaban J connectivity index is 0.00000225. The Morgan fingerprint density at radius 3 is 2.43 bits per heavy atom. The van der Waals surface area contributed by atoms with E-state index in [0.717, 1.165) is 60.9 Å². The quantitative estimate of drug-likeness (QED) is 0.418. The van der Waals surface area contributed by atoms with Gasteiger partial charge in [-0.1, -0.05) is 35.9 Å². The second-order valence-electron chi connectivity index (χ2n) is 7.18. The van der Waals surface area contributed by atoms with Gasteiger partial charge < -0.3 is 0 Å². The predicted octanol–water partition coefficient (Wildman–Crippen LogP) is 6.06. The number of benzene rings is 2. The fourth-order valence-corrected chi connectivity index (χ4v) is 3.78. The monoisotopic (exact) mass is 451 g/mol. The Hall–Kier alpha value is -2.08. The van der Waals surface area contributed by atoms with Gasteiger partial charge in [-0.15, -0.1) is 17.0 Å². The van der Waals surface area contributed by atoms with E-state index >= 15 is 0 Å². The molecule has 0 spiro atoms. The first-order chi connectivity index (χ1) is 12.9. The zero-order valence-corrected chi connectivity index (χ0v) is 17.4. The third-order valence-corrected chi connectivity index (χ3v) is 5.19. The van der Waals surface area contributed by atoms with Crippen LogP contribution in [0.4, 0.5) is 13.2 Å². The summed E-state index contributed by atoms with van der Waals surface area (Å²) < 4.78 is 44.0. The molecule has 6 heteroatoms. The molecule has 148 valence electrons. The molecule has 0 unspecified atom stereocenters. The summed E-state index contributed by atoms with van der Waals surface area (Å²) in [7, 11) is 0. The molecule has 0 radical (unpaired) electrons. The number of nitrogens with zero attached hydrogens (tertiary/aromatic N) is 2. The van der Waals surface area contributed by atoms with E-state index in [1.54, 1.807) is 6.07 Å². The molecule has 0 saturated carbocycles. The van der Waals surface area contributed by atoms with E-state index in [-0.39, 0.29) is 17.0 Å². The Bertz CT molecular complexity index is 959. The molecule has 0 amide bonds. The molecule has 1 aromatic heterocycles. The molecule has 2 heterocycles. The number of rotatable bonds is 2. The van der Waals surface area contributed by atoms with Gasteiger partial charge in [0.2, 0.25) is 0 Å². The number of halogens is 4. The molecule has 1 aliphatic rings. The van der Waals surface area contributed by atoms with Gasteiger partial charge in [-0.3, -0.25) is 0 Å². The highest BCUT2D eigenvalue weighted by atomic mass is 79.9. The van der Waals surface area contributed by atoms with Crippen LogP contribution in [0, 0.1) is 6.92 Å². The Labute approximate surface area is 173 Å². The molecule has 0 aliphatic carbocycles. The molecule has 28 heavy (non-hydrogen) atoms. The van der Waals surface area contributed by atoms with Crippen LogP contribution in [0.3, 0.4) is 0 Å². The predicted molar refractivity (Wildman–Crippen MR) is 109 cm³/mol. The van der Waals surface area contributed by atoms with E-state index in [1.165, 1.54) is 12.1 Å². The summed E-state index contributed by atoms with van der Waals surface area (Å²) in [5.41, 5.74) is 3.06. The van der Waals surface area contributed by atoms with Crippen LogP contribution in [0.1, 0.15) is 36.2 Å². The van der Waals surface area contributed by atoms with Crippen molar-refractivity contribution in [3.05, 3.63) is 71.7 Å². The standard InChI is InChI=1S/C22H22F3N2.BrH/c1-16-9-11-17(12-10-16)20-15-26-13-4-2-3-8-21(26)27(20)19-7-5-6-18(14-19)22(23,24)25;/h5-7,9-12,14-15H,2-4,8,13H2,1H3;1H/q+1;. The smallest absolute Gasteiger partial charge is 0.233 e. The van der Waals surface area contributed by atoms with Gasteiger partial charge >= 0.3 is 6.18 Å². The number of fused-ring (bicyclic) bond motifs is 1. The number of imidazole rings is 1. The van der Waals surface area contributed by atoms with E-state index in [2.05, 4.69) is 10.8 Å². The Kier molecular flexibility index (Phi) is 5.98. The second kappa shape index (κ2) is 8.11. The van der Waals surface area contributed by atoms with Crippen molar-refractivity contribution in [2.45, 2.75) is 45.3 Å². The fourth-order valence-electron chi connectivity index (χ4n) is 3.78. The maximum absolute atomic E-state index is 13.3. The zero-order valence-electron chi connectivity index (χ0n) is 15.7. The van der Waals surface area contributed by atoms with Crippen molar-refractivity contribution in [2.24, 2.45) is 0 Å². The lowest BCUT2D eigenvalue weighted by atomic mass is 10.1. The summed E-state index contributed by atoms with van der Waals surface area (Å²) in [5, 5.41) is 0. The maximum Gasteiger partial charge on any atom is 0.416 e. The average molecular weight is 452 g/mol. The van der Waals surface area contributed by atoms with Crippen molar-refractivity contribution in [3.8, 4) is 16.9 Å². The highest BCUT2D eigenvalue weighted by Crippen LogP contribution is 2.32. The fraction of sp³-hybridized carbons (Fsp3) is 0.318. The highest BCUT2D eigenvalue weighted by Gasteiger charge is 2.33. The highest BCUT2D eigenvalue weighted by molar-refractivity contribution is 8.93. The van der Waals surface area contributed by atoms with Crippen LogP contribution in [0.25, 0.3) is 16.9 Å². The van der Waals surface area contributed by atoms with Crippen molar-refractivity contribution >= 4 is 17.0 Å². The first-order valence-corrected chi connectivity index (χ1v) is 9.32. The number of aryl methyl sites for hydroxylation is 2. The van der Waals surface area contributed by atoms with Gasteiger partial charge in [0.25, 0.3) is 5.82 Å². The molecular weight excluding hydrogens is 429 g/mol. The van der Waals surface area contributed by atoms with Gasteiger partial charge in [0.15, 0.2) is 5.69 Å². The van der Waals surface area contributed by atoms with Crippen molar-refractivity contribution in [1.82, 2.24) is 4.57 Å². The van der Waals surface area contributed by atoms with E-state index in [0.29, 0.717) is 5.69 Å². The molecule has 0 fully saturated rings. The Morgan fingerprint density at radius 2 is 1.71 bits per heavy atom. The van der Waals surface area contributed by atoms with Gasteiger partial charge in [0, 0.05) is 12.0 Å². The molecule has 0 N–H and O–H groups in total. The summed E-state index contributed by atoms with van der Waals surface area (Å²) >= 11 is 0. The van der Waals surface area contributed by atoms with Crippen LogP contribution in [0.15, 0.2) is 54.7 Å². The van der Waals surface area contributed by atoms with E-state index in [4.69, 9.17) is 0 Å². The minimum absolute atomic E-state index is 0. The summed E-state index contributed by atoms with van der Waals surface area (Å²) in [6.07, 6.45) is 1.89. The van der Waals surface area contributed by atoms with Crippen molar-refractivity contribution in [3.63, 3.8) is 0 Å². The van der Waals surface area contributed by atoms with Crippen LogP contribution in [0.5, 0.6) is 0 Å². The number of alkyl halides is 3. The van der Waals surface area contributed by atoms with E-state index in [1.807, 2.05) is 35.8 Å². The number of aromatic nitrogens is 2. The second-order valence-corrected chi connectivity index (χ2v) is 7.18. The van der Waals surface area contributed by atoms with Gasteiger partial charge in [-0.25, -0.2) is 4.57 Å². The number of hydrogen-bond donors (Lipinski definition) is 0. The van der Waals surface area contributed by atoms with Crippen LogP contribution in [-0.2, 0) is 19.1 Å². The van der Waals surface area contributed by atoms with Crippen LogP contribution >= 0.6 is 17.0 Å². The first kappa shape index (κ1) is 20.6. The summed E-state index contributed by atoms with van der Waals surface area (Å²) in [4.78, 5) is 0. The SMILES string of the molecule is Br.Cc1ccc(-c2c[n+]3c(n2-c2cccc(C(F)(F)F)c2)CCCCC3)cc1. The lowest BCUT2D eigenvalue weighted by Crippen LogP contribution is -2.35. The van der Waals surface area contributed by atoms with Crippen LogP contribution in [-0.4, -0.2) is 4.57 Å². The minimum atomic E-state index is -4.35. The summed E-state index contributed by atoms with van der Waals surface area (Å²) in [6.45, 7) is 2.93. The lowest BCUT2D eigenvalue weighted by molar-refractivity contribution is -0.702. The maximum atomic E-state index is 13.3. The van der Waals surface area contributed by atoms with E-state index < -0.39 is 11.7 Å². The van der Waals surface area contributed by atoms with Crippen molar-refractivity contribution in [1.29, 1.82) is 0 Å². The van der Waals surface area contributed by atoms with Crippen LogP contribution < -0.4 is 4.57 Å². The number of hydrogen-bond acceptors (Lipinski definition) is 0. The minimum Gasteiger partial charge on any atom is -0.233 e. The van der Waals surface area contributed by atoms with Gasteiger partial charge in [0.05, 0.1) is 12.1 Å². The lowest BCUT2D eigenvalue weighted by Gasteiger charge is -2.10. The van der Waals surface area contributed by atoms with Crippen molar-refractivity contribution in [2.75, 3.05) is 0 Å². The van der Waals surface area contributed by atoms with Crippen molar-refractivity contribution < 1.29 is 17.7 Å². The largest absolute Gasteiger partial charge is 0.416 e. The third-order valence-electron chi connectivity index (χ3n) is 5.19.